The van der Waals surface area contributed by atoms with E-state index < -0.39 is 23.8 Å². The van der Waals surface area contributed by atoms with Crippen molar-refractivity contribution >= 4 is 11.8 Å². The number of ether oxygens (including phenoxy) is 1. The molecule has 1 saturated heterocycles. The van der Waals surface area contributed by atoms with Crippen molar-refractivity contribution in [2.24, 2.45) is 5.73 Å². The molecule has 0 aliphatic carbocycles. The first-order chi connectivity index (χ1) is 7.61. The summed E-state index contributed by atoms with van der Waals surface area (Å²) in [5.74, 6) is -1.95. The second kappa shape index (κ2) is 4.05. The normalized spacial score (nSPS) is 20.1. The quantitative estimate of drug-likeness (QED) is 0.828. The molecular formula is C10H10F2N2O2. The third-order valence-corrected chi connectivity index (χ3v) is 2.35. The number of nitrogens with zero attached hydrogens (tertiary/aromatic N) is 1. The highest BCUT2D eigenvalue weighted by atomic mass is 19.2. The van der Waals surface area contributed by atoms with Gasteiger partial charge >= 0.3 is 6.09 Å². The van der Waals surface area contributed by atoms with Gasteiger partial charge in [-0.2, -0.15) is 0 Å². The van der Waals surface area contributed by atoms with Crippen molar-refractivity contribution in [2.75, 3.05) is 18.0 Å². The number of hydrogen-bond acceptors (Lipinski definition) is 3. The van der Waals surface area contributed by atoms with Crippen LogP contribution in [0.15, 0.2) is 18.2 Å². The fourth-order valence-corrected chi connectivity index (χ4v) is 1.51. The standard InChI is InChI=1S/C10H10F2N2O2/c11-8-2-1-6(3-9(8)12)14-5-7(4-13)16-10(14)15/h1-3,7H,4-5,13H2. The molecule has 1 amide bonds. The predicted molar refractivity (Wildman–Crippen MR) is 53.0 cm³/mol. The van der Waals surface area contributed by atoms with E-state index in [0.29, 0.717) is 0 Å². The Morgan fingerprint density at radius 3 is 2.75 bits per heavy atom. The van der Waals surface area contributed by atoms with Gasteiger partial charge in [-0.3, -0.25) is 4.90 Å². The van der Waals surface area contributed by atoms with E-state index in [0.717, 1.165) is 12.1 Å². The lowest BCUT2D eigenvalue weighted by molar-refractivity contribution is 0.145. The maximum absolute atomic E-state index is 13.0. The van der Waals surface area contributed by atoms with Gasteiger partial charge in [0.1, 0.15) is 6.10 Å². The number of nitrogens with two attached hydrogens (primary N) is 1. The summed E-state index contributed by atoms with van der Waals surface area (Å²) in [6.07, 6.45) is -0.998. The Hall–Kier alpha value is -1.69. The van der Waals surface area contributed by atoms with Gasteiger partial charge in [-0.1, -0.05) is 0 Å². The number of benzene rings is 1. The first-order valence-corrected chi connectivity index (χ1v) is 4.75. The second-order valence-electron chi connectivity index (χ2n) is 3.45. The summed E-state index contributed by atoms with van der Waals surface area (Å²) in [5.41, 5.74) is 5.62. The molecule has 0 saturated carbocycles. The van der Waals surface area contributed by atoms with Gasteiger partial charge in [0.2, 0.25) is 0 Å². The molecule has 1 unspecified atom stereocenters. The van der Waals surface area contributed by atoms with Crippen molar-refractivity contribution in [1.29, 1.82) is 0 Å². The molecule has 1 aliphatic heterocycles. The molecular weight excluding hydrogens is 218 g/mol. The lowest BCUT2D eigenvalue weighted by Gasteiger charge is -2.12. The molecule has 1 aromatic carbocycles. The van der Waals surface area contributed by atoms with Crippen molar-refractivity contribution < 1.29 is 18.3 Å². The van der Waals surface area contributed by atoms with Crippen LogP contribution in [0.2, 0.25) is 0 Å². The van der Waals surface area contributed by atoms with Crippen molar-refractivity contribution in [1.82, 2.24) is 0 Å². The van der Waals surface area contributed by atoms with Gasteiger partial charge in [0.25, 0.3) is 0 Å². The number of anilines is 1. The SMILES string of the molecule is NCC1CN(c2ccc(F)c(F)c2)C(=O)O1. The second-order valence-corrected chi connectivity index (χ2v) is 3.45. The van der Waals surface area contributed by atoms with Gasteiger partial charge < -0.3 is 10.5 Å². The maximum Gasteiger partial charge on any atom is 0.414 e. The smallest absolute Gasteiger partial charge is 0.414 e. The zero-order chi connectivity index (χ0) is 11.7. The fourth-order valence-electron chi connectivity index (χ4n) is 1.51. The molecule has 16 heavy (non-hydrogen) atoms. The van der Waals surface area contributed by atoms with E-state index in [-0.39, 0.29) is 18.8 Å². The summed E-state index contributed by atoms with van der Waals surface area (Å²) >= 11 is 0. The number of cyclic esters (lactones) is 1. The Labute approximate surface area is 90.6 Å². The van der Waals surface area contributed by atoms with Crippen LogP contribution < -0.4 is 10.6 Å². The topological polar surface area (TPSA) is 55.6 Å². The van der Waals surface area contributed by atoms with Crippen LogP contribution in [0.1, 0.15) is 0 Å². The summed E-state index contributed by atoms with van der Waals surface area (Å²) < 4.78 is 30.5. The highest BCUT2D eigenvalue weighted by Crippen LogP contribution is 2.23. The molecule has 2 rings (SSSR count). The van der Waals surface area contributed by atoms with E-state index in [2.05, 4.69) is 0 Å². The molecule has 6 heteroatoms. The third-order valence-electron chi connectivity index (χ3n) is 2.35. The van der Waals surface area contributed by atoms with Crippen molar-refractivity contribution in [3.05, 3.63) is 29.8 Å². The van der Waals surface area contributed by atoms with Gasteiger partial charge in [-0.05, 0) is 12.1 Å². The molecule has 1 atom stereocenters. The minimum absolute atomic E-state index is 0.200. The van der Waals surface area contributed by atoms with Crippen LogP contribution in [-0.4, -0.2) is 25.3 Å². The van der Waals surface area contributed by atoms with Crippen LogP contribution in [0.3, 0.4) is 0 Å². The molecule has 1 aromatic rings. The molecule has 0 bridgehead atoms. The zero-order valence-electron chi connectivity index (χ0n) is 8.32. The Morgan fingerprint density at radius 2 is 2.19 bits per heavy atom. The third kappa shape index (κ3) is 1.83. The van der Waals surface area contributed by atoms with Gasteiger partial charge in [0.05, 0.1) is 12.2 Å². The monoisotopic (exact) mass is 228 g/mol. The number of amides is 1. The molecule has 86 valence electrons. The van der Waals surface area contributed by atoms with Gasteiger partial charge in [-0.15, -0.1) is 0 Å². The number of carbonyl (C=O) groups excluding carboxylic acids is 1. The van der Waals surface area contributed by atoms with Crippen LogP contribution in [0.25, 0.3) is 0 Å². The number of hydrogen-bond donors (Lipinski definition) is 1. The summed E-state index contributed by atoms with van der Waals surface area (Å²) in [5, 5.41) is 0. The Kier molecular flexibility index (Phi) is 2.74. The minimum atomic E-state index is -0.999. The fraction of sp³-hybridized carbons (Fsp3) is 0.300. The highest BCUT2D eigenvalue weighted by Gasteiger charge is 2.31. The first-order valence-electron chi connectivity index (χ1n) is 4.75. The lowest BCUT2D eigenvalue weighted by atomic mass is 10.2. The largest absolute Gasteiger partial charge is 0.443 e. The van der Waals surface area contributed by atoms with E-state index in [1.807, 2.05) is 0 Å². The number of halogens is 2. The van der Waals surface area contributed by atoms with Gasteiger partial charge in [0, 0.05) is 12.6 Å². The lowest BCUT2D eigenvalue weighted by Crippen LogP contribution is -2.27. The van der Waals surface area contributed by atoms with Crippen molar-refractivity contribution in [3.63, 3.8) is 0 Å². The molecule has 1 aliphatic rings. The van der Waals surface area contributed by atoms with E-state index in [1.54, 1.807) is 0 Å². The molecule has 1 heterocycles. The molecule has 4 nitrogen and oxygen atoms in total. The van der Waals surface area contributed by atoms with Crippen LogP contribution in [-0.2, 0) is 4.74 Å². The molecule has 0 aromatic heterocycles. The van der Waals surface area contributed by atoms with Gasteiger partial charge in [-0.25, -0.2) is 13.6 Å². The average molecular weight is 228 g/mol. The van der Waals surface area contributed by atoms with Crippen molar-refractivity contribution in [3.8, 4) is 0 Å². The summed E-state index contributed by atoms with van der Waals surface area (Å²) in [6.45, 7) is 0.451. The summed E-state index contributed by atoms with van der Waals surface area (Å²) in [6, 6.07) is 3.24. The van der Waals surface area contributed by atoms with E-state index in [1.165, 1.54) is 11.0 Å². The highest BCUT2D eigenvalue weighted by molar-refractivity contribution is 5.89. The number of rotatable bonds is 2. The molecule has 0 radical (unpaired) electrons. The molecule has 2 N–H and O–H groups in total. The Bertz CT molecular complexity index is 425. The zero-order valence-corrected chi connectivity index (χ0v) is 8.32. The summed E-state index contributed by atoms with van der Waals surface area (Å²) in [7, 11) is 0. The predicted octanol–water partition coefficient (Wildman–Crippen LogP) is 1.25. The van der Waals surface area contributed by atoms with Crippen molar-refractivity contribution in [2.45, 2.75) is 6.10 Å². The minimum Gasteiger partial charge on any atom is -0.443 e. The molecule has 1 fully saturated rings. The summed E-state index contributed by atoms with van der Waals surface area (Å²) in [4.78, 5) is 12.6. The van der Waals surface area contributed by atoms with Crippen LogP contribution in [0, 0.1) is 11.6 Å². The van der Waals surface area contributed by atoms with E-state index >= 15 is 0 Å². The van der Waals surface area contributed by atoms with Gasteiger partial charge in [0.15, 0.2) is 11.6 Å². The molecule has 0 spiro atoms. The van der Waals surface area contributed by atoms with Crippen LogP contribution >= 0.6 is 0 Å². The van der Waals surface area contributed by atoms with Crippen LogP contribution in [0.4, 0.5) is 19.3 Å². The first kappa shape index (κ1) is 10.8. The van der Waals surface area contributed by atoms with E-state index in [9.17, 15) is 13.6 Å². The Morgan fingerprint density at radius 1 is 1.44 bits per heavy atom. The van der Waals surface area contributed by atoms with Crippen LogP contribution in [0.5, 0.6) is 0 Å². The number of carbonyl (C=O) groups is 1. The Balaban J connectivity index is 2.24. The van der Waals surface area contributed by atoms with E-state index in [4.69, 9.17) is 10.5 Å². The maximum atomic E-state index is 13.0. The average Bonchev–Trinajstić information content (AvgIpc) is 2.64.